The van der Waals surface area contributed by atoms with Gasteiger partial charge in [0.1, 0.15) is 5.78 Å². The van der Waals surface area contributed by atoms with Crippen LogP contribution in [-0.4, -0.2) is 34.2 Å². The lowest BCUT2D eigenvalue weighted by Crippen LogP contribution is -2.31. The van der Waals surface area contributed by atoms with Crippen LogP contribution in [0.3, 0.4) is 0 Å². The smallest absolute Gasteiger partial charge is 0.229 e. The van der Waals surface area contributed by atoms with E-state index < -0.39 is 0 Å². The number of rotatable bonds is 7. The monoisotopic (exact) mass is 348 g/mol. The Bertz CT molecular complexity index is 322. The van der Waals surface area contributed by atoms with E-state index in [1.165, 1.54) is 4.90 Å². The Labute approximate surface area is 116 Å². The van der Waals surface area contributed by atoms with Crippen molar-refractivity contribution in [3.8, 4) is 0 Å². The van der Waals surface area contributed by atoms with Gasteiger partial charge in [-0.1, -0.05) is 6.42 Å². The fourth-order valence-corrected chi connectivity index (χ4v) is 2.42. The molecule has 93 valence electrons. The molecule has 1 radical (unpaired) electrons. The van der Waals surface area contributed by atoms with Crippen LogP contribution in [0.25, 0.3) is 0 Å². The predicted molar refractivity (Wildman–Crippen MR) is 74.0 cm³/mol. The van der Waals surface area contributed by atoms with Crippen LogP contribution in [0.5, 0.6) is 0 Å². The molecule has 0 aromatic heterocycles. The fraction of sp³-hybridized carbons (Fsp3) is 0.727. The molecule has 1 fully saturated rings. The van der Waals surface area contributed by atoms with Gasteiger partial charge in [0.05, 0.1) is 0 Å². The van der Waals surface area contributed by atoms with Gasteiger partial charge in [0, 0.05) is 25.2 Å². The van der Waals surface area contributed by atoms with Crippen LogP contribution >= 0.6 is 22.4 Å². The summed E-state index contributed by atoms with van der Waals surface area (Å²) in [6, 6.07) is 0. The summed E-state index contributed by atoms with van der Waals surface area (Å²) >= 11 is 2.02. The standard InChI is InChI=1S/C11H16BINO3/c1-8(15)5-3-2-4-6-14-10(16)7-9(12-13)11(14)17/h9H,2-7H2,1H3. The molecule has 0 aliphatic carbocycles. The number of carbonyl (C=O) groups excluding carboxylic acids is 3. The first-order valence-electron chi connectivity index (χ1n) is 5.83. The van der Waals surface area contributed by atoms with Gasteiger partial charge in [-0.25, -0.2) is 0 Å². The first-order chi connectivity index (χ1) is 8.06. The van der Waals surface area contributed by atoms with Gasteiger partial charge in [-0.05, 0) is 19.8 Å². The van der Waals surface area contributed by atoms with Gasteiger partial charge in [-0.15, -0.1) is 0 Å². The first-order valence-corrected chi connectivity index (χ1v) is 7.08. The fourth-order valence-electron chi connectivity index (χ4n) is 1.86. The molecule has 1 aliphatic rings. The number of ketones is 1. The van der Waals surface area contributed by atoms with E-state index in [1.54, 1.807) is 12.1 Å². The second-order valence-corrected chi connectivity index (χ2v) is 5.05. The van der Waals surface area contributed by atoms with Crippen molar-refractivity contribution in [3.05, 3.63) is 0 Å². The molecule has 2 amide bonds. The van der Waals surface area contributed by atoms with E-state index in [2.05, 4.69) is 0 Å². The van der Waals surface area contributed by atoms with Gasteiger partial charge >= 0.3 is 0 Å². The molecule has 1 aliphatic heterocycles. The molecule has 1 atom stereocenters. The summed E-state index contributed by atoms with van der Waals surface area (Å²) in [7, 11) is 0. The summed E-state index contributed by atoms with van der Waals surface area (Å²) in [4.78, 5) is 35.4. The number of hydrogen-bond donors (Lipinski definition) is 0. The Balaban J connectivity index is 2.25. The molecule has 17 heavy (non-hydrogen) atoms. The average Bonchev–Trinajstić information content (AvgIpc) is 2.54. The molecular weight excluding hydrogens is 332 g/mol. The highest BCUT2D eigenvalue weighted by Crippen LogP contribution is 2.25. The molecule has 1 saturated heterocycles. The molecule has 0 aromatic carbocycles. The number of imide groups is 1. The molecule has 0 aromatic rings. The van der Waals surface area contributed by atoms with Crippen molar-refractivity contribution < 1.29 is 14.4 Å². The molecule has 4 nitrogen and oxygen atoms in total. The highest BCUT2D eigenvalue weighted by atomic mass is 127. The maximum atomic E-state index is 11.7. The van der Waals surface area contributed by atoms with Gasteiger partial charge in [0.15, 0.2) is 0 Å². The number of unbranched alkanes of at least 4 members (excludes halogenated alkanes) is 2. The van der Waals surface area contributed by atoms with Gasteiger partial charge in [0.25, 0.3) is 0 Å². The number of amides is 2. The van der Waals surface area contributed by atoms with Crippen molar-refractivity contribution >= 4 is 45.1 Å². The zero-order valence-electron chi connectivity index (χ0n) is 9.95. The lowest BCUT2D eigenvalue weighted by Gasteiger charge is -2.14. The van der Waals surface area contributed by atoms with E-state index in [0.29, 0.717) is 19.4 Å². The number of hydrogen-bond acceptors (Lipinski definition) is 3. The van der Waals surface area contributed by atoms with Crippen LogP contribution in [-0.2, 0) is 14.4 Å². The average molecular weight is 348 g/mol. The molecule has 0 N–H and O–H groups in total. The second-order valence-electron chi connectivity index (χ2n) is 4.33. The van der Waals surface area contributed by atoms with Crippen molar-refractivity contribution in [3.63, 3.8) is 0 Å². The highest BCUT2D eigenvalue weighted by Gasteiger charge is 2.37. The van der Waals surface area contributed by atoms with E-state index in [-0.39, 0.29) is 23.4 Å². The van der Waals surface area contributed by atoms with Crippen LogP contribution in [0, 0.1) is 0 Å². The third-order valence-electron chi connectivity index (χ3n) is 2.84. The van der Waals surface area contributed by atoms with Crippen molar-refractivity contribution in [1.82, 2.24) is 4.90 Å². The van der Waals surface area contributed by atoms with E-state index >= 15 is 0 Å². The van der Waals surface area contributed by atoms with Gasteiger partial charge in [-0.3, -0.25) is 14.5 Å². The molecule has 0 saturated carbocycles. The Morgan fingerprint density at radius 3 is 2.65 bits per heavy atom. The summed E-state index contributed by atoms with van der Waals surface area (Å²) < 4.78 is 0. The van der Waals surface area contributed by atoms with Gasteiger partial charge in [-0.2, -0.15) is 22.4 Å². The summed E-state index contributed by atoms with van der Waals surface area (Å²) in [5.74, 6) is -0.186. The summed E-state index contributed by atoms with van der Waals surface area (Å²) in [6.45, 7) is 2.07. The number of carbonyl (C=O) groups is 3. The van der Waals surface area contributed by atoms with Crippen molar-refractivity contribution in [2.24, 2.45) is 0 Å². The third-order valence-corrected chi connectivity index (χ3v) is 3.71. The molecule has 1 heterocycles. The zero-order valence-corrected chi connectivity index (χ0v) is 12.1. The van der Waals surface area contributed by atoms with Crippen LogP contribution < -0.4 is 0 Å². The van der Waals surface area contributed by atoms with Crippen molar-refractivity contribution in [2.45, 2.75) is 44.8 Å². The minimum atomic E-state index is -0.236. The number of halogens is 1. The third kappa shape index (κ3) is 4.41. The Kier molecular flexibility index (Phi) is 6.15. The van der Waals surface area contributed by atoms with Crippen LogP contribution in [0.2, 0.25) is 5.82 Å². The van der Waals surface area contributed by atoms with Crippen LogP contribution in [0.1, 0.15) is 39.0 Å². The van der Waals surface area contributed by atoms with Crippen molar-refractivity contribution in [1.29, 1.82) is 0 Å². The number of Topliss-reactive ketones (excluding diaryl/α,β-unsaturated/α-hetero) is 1. The minimum Gasteiger partial charge on any atom is -0.300 e. The lowest BCUT2D eigenvalue weighted by molar-refractivity contribution is -0.138. The summed E-state index contributed by atoms with van der Waals surface area (Å²) in [5, 5.41) is 1.76. The van der Waals surface area contributed by atoms with Gasteiger partial charge < -0.3 is 4.79 Å². The maximum absolute atomic E-state index is 11.7. The quantitative estimate of drug-likeness (QED) is 0.305. The topological polar surface area (TPSA) is 54.5 Å². The molecule has 6 heteroatoms. The molecule has 1 unspecified atom stereocenters. The SMILES string of the molecule is CC(=O)CCCCCN1C(=O)CC([B]I)C1=O. The highest BCUT2D eigenvalue weighted by molar-refractivity contribution is 14.1. The number of nitrogens with zero attached hydrogens (tertiary/aromatic N) is 1. The first kappa shape index (κ1) is 14.7. The summed E-state index contributed by atoms with van der Waals surface area (Å²) in [6.07, 6.45) is 3.42. The van der Waals surface area contributed by atoms with E-state index in [0.717, 1.165) is 19.3 Å². The predicted octanol–water partition coefficient (Wildman–Crippen LogP) is 1.74. The normalized spacial score (nSPS) is 19.9. The van der Waals surface area contributed by atoms with E-state index in [9.17, 15) is 14.4 Å². The zero-order chi connectivity index (χ0) is 12.8. The van der Waals surface area contributed by atoms with E-state index in [1.807, 2.05) is 22.4 Å². The lowest BCUT2D eigenvalue weighted by atomic mass is 9.86. The minimum absolute atomic E-state index is 0.0699. The molecule has 1 rings (SSSR count). The Morgan fingerprint density at radius 1 is 1.41 bits per heavy atom. The van der Waals surface area contributed by atoms with Crippen LogP contribution in [0.4, 0.5) is 0 Å². The summed E-state index contributed by atoms with van der Waals surface area (Å²) in [5.41, 5.74) is 0. The Hall–Kier alpha value is -0.395. The van der Waals surface area contributed by atoms with Crippen LogP contribution in [0.15, 0.2) is 0 Å². The van der Waals surface area contributed by atoms with Crippen molar-refractivity contribution in [2.75, 3.05) is 6.54 Å². The van der Waals surface area contributed by atoms with E-state index in [4.69, 9.17) is 0 Å². The van der Waals surface area contributed by atoms with Gasteiger partial charge in [0.2, 0.25) is 17.0 Å². The molecule has 0 spiro atoms. The maximum Gasteiger partial charge on any atom is 0.229 e. The second kappa shape index (κ2) is 7.13. The molecular formula is C11H16BINO3. The molecule has 0 bridgehead atoms. The number of likely N-dealkylation sites (tertiary alicyclic amines) is 1. The largest absolute Gasteiger partial charge is 0.300 e. The Morgan fingerprint density at radius 2 is 2.12 bits per heavy atom.